The van der Waals surface area contributed by atoms with E-state index in [0.717, 1.165) is 51.4 Å². The molecule has 1 heterocycles. The second-order valence-electron chi connectivity index (χ2n) is 7.04. The molecule has 0 atom stereocenters. The lowest BCUT2D eigenvalue weighted by atomic mass is 9.72. The van der Waals surface area contributed by atoms with Gasteiger partial charge in [0.05, 0.1) is 11.0 Å². The summed E-state index contributed by atoms with van der Waals surface area (Å²) in [5.41, 5.74) is 5.28. The van der Waals surface area contributed by atoms with Crippen molar-refractivity contribution >= 4 is 11.8 Å². The number of likely N-dealkylation sites (tertiary alicyclic amines) is 1. The first-order valence-electron chi connectivity index (χ1n) is 8.21. The Morgan fingerprint density at radius 3 is 2.00 bits per heavy atom. The molecule has 2 amide bonds. The Kier molecular flexibility index (Phi) is 3.61. The Hall–Kier alpha value is -0.900. The standard InChI is InChI=1S/C16H26N2O2/c17-12-16(9-5-2-6-10-16)18-13(19)11-15(14(18)20)7-3-1-4-8-15/h1-12,17H2. The topological polar surface area (TPSA) is 63.4 Å². The number of nitrogens with zero attached hydrogens (tertiary/aromatic N) is 1. The Morgan fingerprint density at radius 2 is 1.45 bits per heavy atom. The first-order chi connectivity index (χ1) is 9.64. The first kappa shape index (κ1) is 14.1. The maximum absolute atomic E-state index is 13.0. The van der Waals surface area contributed by atoms with E-state index in [1.807, 2.05) is 0 Å². The molecule has 2 N–H and O–H groups in total. The van der Waals surface area contributed by atoms with E-state index in [-0.39, 0.29) is 22.8 Å². The average molecular weight is 278 g/mol. The SMILES string of the molecule is NCC1(N2C(=O)CC3(CCCCC3)C2=O)CCCCC1. The highest BCUT2D eigenvalue weighted by molar-refractivity contribution is 6.06. The predicted octanol–water partition coefficient (Wildman–Crippen LogP) is 2.36. The summed E-state index contributed by atoms with van der Waals surface area (Å²) in [5.74, 6) is 0.152. The summed E-state index contributed by atoms with van der Waals surface area (Å²) in [4.78, 5) is 27.2. The summed E-state index contributed by atoms with van der Waals surface area (Å²) in [6.45, 7) is 0.431. The van der Waals surface area contributed by atoms with Crippen LogP contribution >= 0.6 is 0 Å². The molecule has 1 spiro atoms. The molecule has 20 heavy (non-hydrogen) atoms. The van der Waals surface area contributed by atoms with Crippen molar-refractivity contribution in [3.63, 3.8) is 0 Å². The zero-order chi connectivity index (χ0) is 14.2. The molecule has 4 nitrogen and oxygen atoms in total. The number of nitrogens with two attached hydrogens (primary N) is 1. The first-order valence-corrected chi connectivity index (χ1v) is 8.21. The van der Waals surface area contributed by atoms with Crippen molar-refractivity contribution in [3.05, 3.63) is 0 Å². The minimum atomic E-state index is -0.368. The number of carbonyl (C=O) groups is 2. The van der Waals surface area contributed by atoms with Gasteiger partial charge in [-0.3, -0.25) is 14.5 Å². The van der Waals surface area contributed by atoms with Gasteiger partial charge in [0.2, 0.25) is 11.8 Å². The van der Waals surface area contributed by atoms with Crippen LogP contribution in [0, 0.1) is 5.41 Å². The quantitative estimate of drug-likeness (QED) is 0.789. The van der Waals surface area contributed by atoms with Crippen molar-refractivity contribution < 1.29 is 9.59 Å². The molecule has 2 aliphatic carbocycles. The van der Waals surface area contributed by atoms with Gasteiger partial charge in [0.1, 0.15) is 0 Å². The molecule has 0 aromatic heterocycles. The van der Waals surface area contributed by atoms with Crippen LogP contribution in [-0.4, -0.2) is 28.8 Å². The number of hydrogen-bond donors (Lipinski definition) is 1. The van der Waals surface area contributed by atoms with Crippen molar-refractivity contribution in [2.45, 2.75) is 76.2 Å². The fourth-order valence-corrected chi connectivity index (χ4v) is 4.62. The van der Waals surface area contributed by atoms with Gasteiger partial charge in [-0.05, 0) is 25.7 Å². The van der Waals surface area contributed by atoms with E-state index in [1.54, 1.807) is 4.90 Å². The third-order valence-corrected chi connectivity index (χ3v) is 5.85. The Morgan fingerprint density at radius 1 is 0.900 bits per heavy atom. The monoisotopic (exact) mass is 278 g/mol. The second kappa shape index (κ2) is 5.14. The van der Waals surface area contributed by atoms with Crippen LogP contribution in [-0.2, 0) is 9.59 Å². The maximum atomic E-state index is 13.0. The van der Waals surface area contributed by atoms with Crippen molar-refractivity contribution in [3.8, 4) is 0 Å². The largest absolute Gasteiger partial charge is 0.328 e. The molecule has 0 unspecified atom stereocenters. The van der Waals surface area contributed by atoms with Crippen LogP contribution in [0.2, 0.25) is 0 Å². The molecule has 2 saturated carbocycles. The fraction of sp³-hybridized carbons (Fsp3) is 0.875. The Labute approximate surface area is 121 Å². The second-order valence-corrected chi connectivity index (χ2v) is 7.04. The van der Waals surface area contributed by atoms with E-state index in [9.17, 15) is 9.59 Å². The zero-order valence-corrected chi connectivity index (χ0v) is 12.3. The van der Waals surface area contributed by atoms with Crippen LogP contribution < -0.4 is 5.73 Å². The highest BCUT2D eigenvalue weighted by Crippen LogP contribution is 2.49. The van der Waals surface area contributed by atoms with Crippen molar-refractivity contribution in [1.29, 1.82) is 0 Å². The smallest absolute Gasteiger partial charge is 0.236 e. The minimum absolute atomic E-state index is 0.0456. The average Bonchev–Trinajstić information content (AvgIpc) is 2.72. The van der Waals surface area contributed by atoms with Crippen molar-refractivity contribution in [2.75, 3.05) is 6.54 Å². The number of rotatable bonds is 2. The molecule has 3 aliphatic rings. The summed E-state index contributed by atoms with van der Waals surface area (Å²) in [7, 11) is 0. The van der Waals surface area contributed by atoms with Gasteiger partial charge in [-0.2, -0.15) is 0 Å². The number of amides is 2. The van der Waals surface area contributed by atoms with E-state index >= 15 is 0 Å². The van der Waals surface area contributed by atoms with E-state index in [4.69, 9.17) is 5.73 Å². The van der Waals surface area contributed by atoms with Gasteiger partial charge in [0.15, 0.2) is 0 Å². The van der Waals surface area contributed by atoms with Crippen LogP contribution in [0.1, 0.15) is 70.6 Å². The van der Waals surface area contributed by atoms with Gasteiger partial charge in [0.25, 0.3) is 0 Å². The molecule has 0 bridgehead atoms. The van der Waals surface area contributed by atoms with E-state index < -0.39 is 0 Å². The van der Waals surface area contributed by atoms with Crippen LogP contribution in [0.5, 0.6) is 0 Å². The van der Waals surface area contributed by atoms with Gasteiger partial charge in [-0.25, -0.2) is 0 Å². The van der Waals surface area contributed by atoms with Crippen LogP contribution in [0.4, 0.5) is 0 Å². The Balaban J connectivity index is 1.89. The normalized spacial score (nSPS) is 29.1. The van der Waals surface area contributed by atoms with E-state index in [1.165, 1.54) is 12.8 Å². The van der Waals surface area contributed by atoms with Gasteiger partial charge in [-0.15, -0.1) is 0 Å². The van der Waals surface area contributed by atoms with Gasteiger partial charge < -0.3 is 5.73 Å². The molecular formula is C16H26N2O2. The number of carbonyl (C=O) groups excluding carboxylic acids is 2. The third-order valence-electron chi connectivity index (χ3n) is 5.85. The van der Waals surface area contributed by atoms with Crippen molar-refractivity contribution in [2.24, 2.45) is 11.1 Å². The molecule has 1 saturated heterocycles. The molecule has 1 aliphatic heterocycles. The summed E-state index contributed by atoms with van der Waals surface area (Å²) in [5, 5.41) is 0. The zero-order valence-electron chi connectivity index (χ0n) is 12.3. The molecule has 0 radical (unpaired) electrons. The summed E-state index contributed by atoms with van der Waals surface area (Å²) in [6.07, 6.45) is 10.8. The fourth-order valence-electron chi connectivity index (χ4n) is 4.62. The predicted molar refractivity (Wildman–Crippen MR) is 76.9 cm³/mol. The summed E-state index contributed by atoms with van der Waals surface area (Å²) >= 11 is 0. The maximum Gasteiger partial charge on any atom is 0.236 e. The van der Waals surface area contributed by atoms with E-state index in [0.29, 0.717) is 13.0 Å². The summed E-state index contributed by atoms with van der Waals surface area (Å²) < 4.78 is 0. The van der Waals surface area contributed by atoms with Crippen molar-refractivity contribution in [1.82, 2.24) is 4.90 Å². The van der Waals surface area contributed by atoms with Gasteiger partial charge >= 0.3 is 0 Å². The Bertz CT molecular complexity index is 407. The van der Waals surface area contributed by atoms with Crippen LogP contribution in [0.15, 0.2) is 0 Å². The molecule has 3 fully saturated rings. The molecule has 4 heteroatoms. The molecule has 3 rings (SSSR count). The van der Waals surface area contributed by atoms with Gasteiger partial charge in [-0.1, -0.05) is 38.5 Å². The van der Waals surface area contributed by atoms with Gasteiger partial charge in [0, 0.05) is 13.0 Å². The van der Waals surface area contributed by atoms with E-state index in [2.05, 4.69) is 0 Å². The highest BCUT2D eigenvalue weighted by atomic mass is 16.2. The lowest BCUT2D eigenvalue weighted by molar-refractivity contribution is -0.150. The highest BCUT2D eigenvalue weighted by Gasteiger charge is 2.57. The summed E-state index contributed by atoms with van der Waals surface area (Å²) in [6, 6.07) is 0. The lowest BCUT2D eigenvalue weighted by Gasteiger charge is -2.44. The molecule has 112 valence electrons. The van der Waals surface area contributed by atoms with Crippen LogP contribution in [0.25, 0.3) is 0 Å². The molecule has 0 aromatic carbocycles. The molecule has 0 aromatic rings. The minimum Gasteiger partial charge on any atom is -0.328 e. The molecular weight excluding hydrogens is 252 g/mol. The third kappa shape index (κ3) is 2.00. The number of hydrogen-bond acceptors (Lipinski definition) is 3. The number of imide groups is 1. The lowest BCUT2D eigenvalue weighted by Crippen LogP contribution is -2.58. The van der Waals surface area contributed by atoms with Crippen LogP contribution in [0.3, 0.4) is 0 Å².